The van der Waals surface area contributed by atoms with Gasteiger partial charge in [-0.15, -0.1) is 0 Å². The first kappa shape index (κ1) is 14.5. The number of hydrogen-bond donors (Lipinski definition) is 2. The first-order chi connectivity index (χ1) is 9.50. The van der Waals surface area contributed by atoms with E-state index in [2.05, 4.69) is 0 Å². The summed E-state index contributed by atoms with van der Waals surface area (Å²) in [6.45, 7) is 2.33. The zero-order chi connectivity index (χ0) is 14.7. The lowest BCUT2D eigenvalue weighted by molar-refractivity contribution is -0.149. The summed E-state index contributed by atoms with van der Waals surface area (Å²) >= 11 is 0. The molecular formula is C15H20N2O3. The zero-order valence-corrected chi connectivity index (χ0v) is 11.5. The molecule has 0 bridgehead atoms. The molecule has 108 valence electrons. The van der Waals surface area contributed by atoms with Gasteiger partial charge in [0.05, 0.1) is 6.04 Å². The third kappa shape index (κ3) is 2.99. The number of carboxylic acids is 1. The van der Waals surface area contributed by atoms with Crippen LogP contribution in [0.15, 0.2) is 30.3 Å². The Labute approximate surface area is 118 Å². The summed E-state index contributed by atoms with van der Waals surface area (Å²) in [5, 5.41) is 9.24. The molecule has 1 aromatic rings. The topological polar surface area (TPSA) is 83.6 Å². The average molecular weight is 276 g/mol. The van der Waals surface area contributed by atoms with E-state index in [9.17, 15) is 14.7 Å². The minimum Gasteiger partial charge on any atom is -0.480 e. The Bertz CT molecular complexity index is 489. The van der Waals surface area contributed by atoms with Gasteiger partial charge in [0, 0.05) is 6.54 Å². The highest BCUT2D eigenvalue weighted by Crippen LogP contribution is 2.25. The first-order valence-electron chi connectivity index (χ1n) is 6.83. The normalized spacial score (nSPS) is 23.6. The number of amides is 1. The van der Waals surface area contributed by atoms with Crippen molar-refractivity contribution in [3.63, 3.8) is 0 Å². The van der Waals surface area contributed by atoms with Crippen molar-refractivity contribution in [2.75, 3.05) is 6.54 Å². The largest absolute Gasteiger partial charge is 0.480 e. The highest BCUT2D eigenvalue weighted by molar-refractivity contribution is 5.87. The number of nitrogens with two attached hydrogens (primary N) is 1. The molecule has 1 aliphatic rings. The van der Waals surface area contributed by atoms with Crippen LogP contribution in [-0.2, 0) is 16.0 Å². The van der Waals surface area contributed by atoms with E-state index in [0.717, 1.165) is 5.56 Å². The number of carboxylic acid groups (broad SMARTS) is 1. The Morgan fingerprint density at radius 3 is 2.65 bits per heavy atom. The van der Waals surface area contributed by atoms with E-state index >= 15 is 0 Å². The van der Waals surface area contributed by atoms with E-state index in [1.165, 1.54) is 4.90 Å². The Kier molecular flexibility index (Phi) is 4.39. The molecule has 2 unspecified atom stereocenters. The van der Waals surface area contributed by atoms with Crippen LogP contribution in [0.3, 0.4) is 0 Å². The highest BCUT2D eigenvalue weighted by Gasteiger charge is 2.40. The molecule has 0 aliphatic carbocycles. The molecule has 1 aromatic carbocycles. The van der Waals surface area contributed by atoms with Crippen LogP contribution >= 0.6 is 0 Å². The minimum absolute atomic E-state index is 0.0274. The molecule has 1 amide bonds. The van der Waals surface area contributed by atoms with Crippen LogP contribution in [0.25, 0.3) is 0 Å². The fourth-order valence-electron chi connectivity index (χ4n) is 2.74. The third-order valence-corrected chi connectivity index (χ3v) is 3.85. The summed E-state index contributed by atoms with van der Waals surface area (Å²) in [4.78, 5) is 25.0. The first-order valence-corrected chi connectivity index (χ1v) is 6.83. The summed E-state index contributed by atoms with van der Waals surface area (Å²) in [7, 11) is 0. The van der Waals surface area contributed by atoms with Gasteiger partial charge in [-0.3, -0.25) is 4.79 Å². The Balaban J connectivity index is 2.05. The maximum Gasteiger partial charge on any atom is 0.326 e. The molecule has 0 spiro atoms. The molecule has 20 heavy (non-hydrogen) atoms. The average Bonchev–Trinajstić information content (AvgIpc) is 2.81. The Morgan fingerprint density at radius 2 is 2.05 bits per heavy atom. The van der Waals surface area contributed by atoms with Gasteiger partial charge in [0.15, 0.2) is 0 Å². The van der Waals surface area contributed by atoms with Crippen LogP contribution < -0.4 is 5.73 Å². The number of benzene rings is 1. The number of carbonyl (C=O) groups excluding carboxylic acids is 1. The highest BCUT2D eigenvalue weighted by atomic mass is 16.4. The predicted octanol–water partition coefficient (Wildman–Crippen LogP) is 0.878. The standard InChI is InChI=1S/C15H20N2O3/c1-10-7-8-17(13(10)15(19)20)14(18)12(16)9-11-5-3-2-4-6-11/h2-6,10,12-13H,7-9,16H2,1H3,(H,19,20)/t10?,12-,13?/m1/s1. The lowest BCUT2D eigenvalue weighted by Crippen LogP contribution is -2.50. The number of aliphatic carboxylic acids is 1. The summed E-state index contributed by atoms with van der Waals surface area (Å²) in [5.41, 5.74) is 6.93. The van der Waals surface area contributed by atoms with Crippen molar-refractivity contribution in [2.45, 2.75) is 31.8 Å². The van der Waals surface area contributed by atoms with Crippen molar-refractivity contribution in [1.82, 2.24) is 4.90 Å². The van der Waals surface area contributed by atoms with Crippen molar-refractivity contribution in [2.24, 2.45) is 11.7 Å². The van der Waals surface area contributed by atoms with Gasteiger partial charge in [-0.1, -0.05) is 37.3 Å². The van der Waals surface area contributed by atoms with Crippen molar-refractivity contribution in [3.8, 4) is 0 Å². The maximum absolute atomic E-state index is 12.3. The van der Waals surface area contributed by atoms with Gasteiger partial charge in [-0.25, -0.2) is 4.79 Å². The van der Waals surface area contributed by atoms with Crippen molar-refractivity contribution >= 4 is 11.9 Å². The van der Waals surface area contributed by atoms with Gasteiger partial charge in [0.25, 0.3) is 0 Å². The number of hydrogen-bond acceptors (Lipinski definition) is 3. The van der Waals surface area contributed by atoms with Gasteiger partial charge >= 0.3 is 5.97 Å². The van der Waals surface area contributed by atoms with E-state index < -0.39 is 18.1 Å². The molecule has 0 saturated carbocycles. The molecule has 2 rings (SSSR count). The lowest BCUT2D eigenvalue weighted by atomic mass is 10.0. The minimum atomic E-state index is -0.949. The second-order valence-corrected chi connectivity index (χ2v) is 5.38. The molecule has 0 radical (unpaired) electrons. The summed E-state index contributed by atoms with van der Waals surface area (Å²) in [6.07, 6.45) is 1.14. The molecule has 5 nitrogen and oxygen atoms in total. The van der Waals surface area contributed by atoms with Gasteiger partial charge in [0.1, 0.15) is 6.04 Å². The molecule has 1 saturated heterocycles. The van der Waals surface area contributed by atoms with Gasteiger partial charge in [-0.05, 0) is 24.3 Å². The van der Waals surface area contributed by atoms with Crippen molar-refractivity contribution in [1.29, 1.82) is 0 Å². The Hall–Kier alpha value is -1.88. The molecular weight excluding hydrogens is 256 g/mol. The molecule has 3 N–H and O–H groups in total. The number of carbonyl (C=O) groups is 2. The SMILES string of the molecule is CC1CCN(C(=O)[C@H](N)Cc2ccccc2)C1C(=O)O. The van der Waals surface area contributed by atoms with E-state index in [-0.39, 0.29) is 11.8 Å². The van der Waals surface area contributed by atoms with Gasteiger partial charge < -0.3 is 15.7 Å². The second-order valence-electron chi connectivity index (χ2n) is 5.38. The van der Waals surface area contributed by atoms with Crippen LogP contribution in [0.4, 0.5) is 0 Å². The van der Waals surface area contributed by atoms with Crippen molar-refractivity contribution < 1.29 is 14.7 Å². The van der Waals surface area contributed by atoms with Crippen LogP contribution in [0, 0.1) is 5.92 Å². The van der Waals surface area contributed by atoms with Crippen molar-refractivity contribution in [3.05, 3.63) is 35.9 Å². The monoisotopic (exact) mass is 276 g/mol. The van der Waals surface area contributed by atoms with Crippen LogP contribution in [0.5, 0.6) is 0 Å². The fraction of sp³-hybridized carbons (Fsp3) is 0.467. The van der Waals surface area contributed by atoms with Crippen LogP contribution in [-0.4, -0.2) is 40.5 Å². The number of nitrogens with zero attached hydrogens (tertiary/aromatic N) is 1. The number of rotatable bonds is 4. The lowest BCUT2D eigenvalue weighted by Gasteiger charge is -2.26. The maximum atomic E-state index is 12.3. The van der Waals surface area contributed by atoms with Crippen LogP contribution in [0.2, 0.25) is 0 Å². The molecule has 1 aliphatic heterocycles. The molecule has 1 heterocycles. The van der Waals surface area contributed by atoms with E-state index in [1.54, 1.807) is 0 Å². The molecule has 0 aromatic heterocycles. The van der Waals surface area contributed by atoms with Gasteiger partial charge in [-0.2, -0.15) is 0 Å². The van der Waals surface area contributed by atoms with Gasteiger partial charge in [0.2, 0.25) is 5.91 Å². The summed E-state index contributed by atoms with van der Waals surface area (Å²) < 4.78 is 0. The molecule has 1 fully saturated rings. The predicted molar refractivity (Wildman–Crippen MR) is 75.0 cm³/mol. The van der Waals surface area contributed by atoms with E-state index in [1.807, 2.05) is 37.3 Å². The second kappa shape index (κ2) is 6.05. The molecule has 3 atom stereocenters. The van der Waals surface area contributed by atoms with Crippen LogP contribution in [0.1, 0.15) is 18.9 Å². The zero-order valence-electron chi connectivity index (χ0n) is 11.5. The number of likely N-dealkylation sites (tertiary alicyclic amines) is 1. The Morgan fingerprint density at radius 1 is 1.40 bits per heavy atom. The third-order valence-electron chi connectivity index (χ3n) is 3.85. The van der Waals surface area contributed by atoms with E-state index in [4.69, 9.17) is 5.73 Å². The van der Waals surface area contributed by atoms with E-state index in [0.29, 0.717) is 19.4 Å². The fourth-order valence-corrected chi connectivity index (χ4v) is 2.74. The quantitative estimate of drug-likeness (QED) is 0.855. The molecule has 5 heteroatoms. The summed E-state index contributed by atoms with van der Waals surface area (Å²) in [6, 6.07) is 8.08. The summed E-state index contributed by atoms with van der Waals surface area (Å²) in [5.74, 6) is -1.25. The smallest absolute Gasteiger partial charge is 0.326 e.